The van der Waals surface area contributed by atoms with E-state index in [0.29, 0.717) is 6.42 Å². The second kappa shape index (κ2) is 46.1. The molecule has 4 N–H and O–H groups in total. The van der Waals surface area contributed by atoms with E-state index in [9.17, 15) is 30.0 Å². The fraction of sp³-hybridized carbons (Fsp3) is 0.786. The van der Waals surface area contributed by atoms with Crippen LogP contribution in [0, 0.1) is 0 Å². The van der Waals surface area contributed by atoms with Crippen molar-refractivity contribution in [2.24, 2.45) is 0 Å². The first-order chi connectivity index (χ1) is 32.3. The monoisotopic (exact) mass is 931 g/mol. The summed E-state index contributed by atoms with van der Waals surface area (Å²) in [5.41, 5.74) is 0. The smallest absolute Gasteiger partial charge is 0.306 e. The van der Waals surface area contributed by atoms with Gasteiger partial charge < -0.3 is 39.4 Å². The molecule has 0 amide bonds. The van der Waals surface area contributed by atoms with E-state index in [-0.39, 0.29) is 26.1 Å². The molecule has 66 heavy (non-hydrogen) atoms. The Morgan fingerprint density at radius 2 is 0.879 bits per heavy atom. The van der Waals surface area contributed by atoms with Gasteiger partial charge in [-0.3, -0.25) is 9.59 Å². The fourth-order valence-corrected chi connectivity index (χ4v) is 7.94. The summed E-state index contributed by atoms with van der Waals surface area (Å²) in [6.07, 6.45) is 51.0. The van der Waals surface area contributed by atoms with Gasteiger partial charge in [-0.05, 0) is 51.4 Å². The van der Waals surface area contributed by atoms with Gasteiger partial charge in [0.1, 0.15) is 31.0 Å². The van der Waals surface area contributed by atoms with Crippen LogP contribution in [-0.2, 0) is 28.5 Å². The first-order valence-electron chi connectivity index (χ1n) is 26.9. The van der Waals surface area contributed by atoms with Gasteiger partial charge in [-0.15, -0.1) is 0 Å². The van der Waals surface area contributed by atoms with Gasteiger partial charge in [-0.25, -0.2) is 0 Å². The molecule has 382 valence electrons. The molecule has 1 aliphatic rings. The van der Waals surface area contributed by atoms with Gasteiger partial charge in [0.15, 0.2) is 12.4 Å². The Labute approximate surface area is 402 Å². The molecule has 0 aromatic carbocycles. The van der Waals surface area contributed by atoms with Gasteiger partial charge in [0, 0.05) is 12.8 Å². The molecule has 1 fully saturated rings. The quantitative estimate of drug-likeness (QED) is 0.0264. The van der Waals surface area contributed by atoms with E-state index in [1.807, 2.05) is 12.2 Å². The molecule has 1 aliphatic heterocycles. The molecule has 0 bridgehead atoms. The maximum Gasteiger partial charge on any atom is 0.306 e. The zero-order valence-corrected chi connectivity index (χ0v) is 41.9. The Balaban J connectivity index is 2.28. The van der Waals surface area contributed by atoms with E-state index in [4.69, 9.17) is 18.9 Å². The molecule has 2 unspecified atom stereocenters. The zero-order valence-electron chi connectivity index (χ0n) is 41.9. The van der Waals surface area contributed by atoms with Crippen LogP contribution in [0.15, 0.2) is 60.8 Å². The molecule has 0 aliphatic carbocycles. The minimum atomic E-state index is -1.61. The van der Waals surface area contributed by atoms with Gasteiger partial charge in [0.05, 0.1) is 13.2 Å². The van der Waals surface area contributed by atoms with Crippen LogP contribution in [0.4, 0.5) is 0 Å². The summed E-state index contributed by atoms with van der Waals surface area (Å²) in [6, 6.07) is 0. The zero-order chi connectivity index (χ0) is 48.0. The summed E-state index contributed by atoms with van der Waals surface area (Å²) in [7, 11) is 0. The van der Waals surface area contributed by atoms with Crippen molar-refractivity contribution in [2.45, 2.75) is 263 Å². The van der Waals surface area contributed by atoms with Crippen molar-refractivity contribution >= 4 is 11.9 Å². The average molecular weight is 931 g/mol. The Morgan fingerprint density at radius 3 is 1.33 bits per heavy atom. The molecule has 0 spiro atoms. The highest BCUT2D eigenvalue weighted by Gasteiger charge is 2.44. The maximum absolute atomic E-state index is 12.8. The second-order valence-electron chi connectivity index (χ2n) is 18.3. The molecule has 0 radical (unpaired) electrons. The molecule has 10 nitrogen and oxygen atoms in total. The van der Waals surface area contributed by atoms with Gasteiger partial charge >= 0.3 is 11.9 Å². The predicted octanol–water partition coefficient (Wildman–Crippen LogP) is 13.0. The second-order valence-corrected chi connectivity index (χ2v) is 18.3. The number of aliphatic hydroxyl groups excluding tert-OH is 4. The number of hydrogen-bond donors (Lipinski definition) is 4. The summed E-state index contributed by atoms with van der Waals surface area (Å²) < 4.78 is 22.2. The summed E-state index contributed by atoms with van der Waals surface area (Å²) >= 11 is 0. The van der Waals surface area contributed by atoms with Crippen molar-refractivity contribution in [3.63, 3.8) is 0 Å². The van der Waals surface area contributed by atoms with Crippen LogP contribution in [0.1, 0.15) is 226 Å². The minimum absolute atomic E-state index is 0.106. The lowest BCUT2D eigenvalue weighted by molar-refractivity contribution is -0.305. The molecule has 1 rings (SSSR count). The van der Waals surface area contributed by atoms with Crippen molar-refractivity contribution in [3.8, 4) is 0 Å². The van der Waals surface area contributed by atoms with E-state index in [1.54, 1.807) is 0 Å². The minimum Gasteiger partial charge on any atom is -0.462 e. The number of allylic oxidation sites excluding steroid dienone is 10. The first-order valence-corrected chi connectivity index (χ1v) is 26.9. The van der Waals surface area contributed by atoms with Crippen LogP contribution in [0.25, 0.3) is 0 Å². The van der Waals surface area contributed by atoms with Crippen LogP contribution < -0.4 is 0 Å². The number of aliphatic hydroxyl groups is 4. The normalized spacial score (nSPS) is 19.6. The molecule has 10 heteroatoms. The number of carbonyl (C=O) groups excluding carboxylic acids is 2. The van der Waals surface area contributed by atoms with Crippen molar-refractivity contribution in [1.29, 1.82) is 0 Å². The number of ether oxygens (including phenoxy) is 4. The SMILES string of the molecule is CCCCC/C=C/C/C=C/C/C=C/C/C=C/C/C=C/CCC(=O)O[C@@H](COC(=O)CCCCCCCCCCCCCCCCCCCCCCCC)CO[C@H]1O[C@@H](CO)[C@@H](O)C(O)C1O. The Kier molecular flexibility index (Phi) is 42.9. The highest BCUT2D eigenvalue weighted by Crippen LogP contribution is 2.23. The van der Waals surface area contributed by atoms with Crippen LogP contribution in [0.2, 0.25) is 0 Å². The third-order valence-corrected chi connectivity index (χ3v) is 12.2. The number of esters is 2. The fourth-order valence-electron chi connectivity index (χ4n) is 7.94. The van der Waals surface area contributed by atoms with E-state index in [0.717, 1.165) is 44.9 Å². The van der Waals surface area contributed by atoms with Crippen LogP contribution in [0.3, 0.4) is 0 Å². The maximum atomic E-state index is 12.8. The van der Waals surface area contributed by atoms with Gasteiger partial charge in [0.2, 0.25) is 0 Å². The molecule has 0 saturated carbocycles. The number of hydrogen-bond acceptors (Lipinski definition) is 10. The average Bonchev–Trinajstić information content (AvgIpc) is 3.32. The lowest BCUT2D eigenvalue weighted by atomic mass is 9.99. The van der Waals surface area contributed by atoms with Gasteiger partial charge in [0.25, 0.3) is 0 Å². The number of carbonyl (C=O) groups is 2. The van der Waals surface area contributed by atoms with Crippen molar-refractivity contribution < 1.29 is 49.0 Å². The van der Waals surface area contributed by atoms with Crippen LogP contribution >= 0.6 is 0 Å². The molecule has 0 aromatic heterocycles. The topological polar surface area (TPSA) is 152 Å². The predicted molar refractivity (Wildman–Crippen MR) is 270 cm³/mol. The Morgan fingerprint density at radius 1 is 0.470 bits per heavy atom. The molecule has 6 atom stereocenters. The summed E-state index contributed by atoms with van der Waals surface area (Å²) in [5, 5.41) is 40.2. The van der Waals surface area contributed by atoms with Crippen molar-refractivity contribution in [3.05, 3.63) is 60.8 Å². The molecule has 1 heterocycles. The number of unbranched alkanes of at least 4 members (excludes halogenated alkanes) is 24. The highest BCUT2D eigenvalue weighted by molar-refractivity contribution is 5.70. The lowest BCUT2D eigenvalue weighted by Crippen LogP contribution is -2.59. The van der Waals surface area contributed by atoms with E-state index in [2.05, 4.69) is 62.5 Å². The molecule has 0 aromatic rings. The third kappa shape index (κ3) is 36.4. The number of rotatable bonds is 45. The van der Waals surface area contributed by atoms with Gasteiger partial charge in [-0.1, -0.05) is 222 Å². The first kappa shape index (κ1) is 61.4. The van der Waals surface area contributed by atoms with Crippen LogP contribution in [-0.4, -0.2) is 89.0 Å². The third-order valence-electron chi connectivity index (χ3n) is 12.2. The van der Waals surface area contributed by atoms with E-state index in [1.165, 1.54) is 148 Å². The molecule has 1 saturated heterocycles. The largest absolute Gasteiger partial charge is 0.462 e. The van der Waals surface area contributed by atoms with Crippen molar-refractivity contribution in [1.82, 2.24) is 0 Å². The van der Waals surface area contributed by atoms with Crippen LogP contribution in [0.5, 0.6) is 0 Å². The van der Waals surface area contributed by atoms with E-state index < -0.39 is 55.4 Å². The molecular formula is C56H98O10. The summed E-state index contributed by atoms with van der Waals surface area (Å²) in [5.74, 6) is -0.896. The summed E-state index contributed by atoms with van der Waals surface area (Å²) in [6.45, 7) is 3.35. The molecular weight excluding hydrogens is 833 g/mol. The highest BCUT2D eigenvalue weighted by atomic mass is 16.7. The Hall–Kier alpha value is -2.60. The van der Waals surface area contributed by atoms with E-state index >= 15 is 0 Å². The standard InChI is InChI=1S/C56H98O10/c1-3-5-7-9-11-13-15-17-19-21-23-24-25-27-28-30-32-34-36-38-40-42-44-51(58)63-47-49(48-64-56-55(62)54(61)53(60)50(46-57)66-56)65-52(59)45-43-41-39-37-35-33-31-29-26-22-20-18-16-14-12-10-8-6-4-2/h12,14,18,20,26,29,33,35,39,41,49-50,53-57,60-62H,3-11,13,15-17,19,21-25,27-28,30-32,34,36-38,40,42-48H2,1-2H3/b14-12+,20-18+,29-26+,35-33+,41-39+/t49-,50-,53+,54?,55?,56-/m0/s1. The lowest BCUT2D eigenvalue weighted by Gasteiger charge is -2.39. The van der Waals surface area contributed by atoms with Crippen molar-refractivity contribution in [2.75, 3.05) is 19.8 Å². The van der Waals surface area contributed by atoms with Gasteiger partial charge in [-0.2, -0.15) is 0 Å². The summed E-state index contributed by atoms with van der Waals surface area (Å²) in [4.78, 5) is 25.4. The Bertz CT molecular complexity index is 1260.